The highest BCUT2D eigenvalue weighted by molar-refractivity contribution is 6.74. The van der Waals surface area contributed by atoms with Crippen molar-refractivity contribution < 1.29 is 4.43 Å². The molecule has 0 unspecified atom stereocenters. The Kier molecular flexibility index (Phi) is 6.88. The summed E-state index contributed by atoms with van der Waals surface area (Å²) in [6.07, 6.45) is 6.95. The molecule has 1 aromatic carbocycles. The van der Waals surface area contributed by atoms with Gasteiger partial charge >= 0.3 is 0 Å². The van der Waals surface area contributed by atoms with Crippen LogP contribution in [0.15, 0.2) is 47.6 Å². The van der Waals surface area contributed by atoms with Crippen LogP contribution >= 0.6 is 0 Å². The average Bonchev–Trinajstić information content (AvgIpc) is 2.44. The molecule has 0 bridgehead atoms. The van der Waals surface area contributed by atoms with E-state index in [-0.39, 0.29) is 5.04 Å². The molecule has 128 valence electrons. The summed E-state index contributed by atoms with van der Waals surface area (Å²) in [5.41, 5.74) is 4.30. The Bertz CT molecular complexity index is 538. The Morgan fingerprint density at radius 2 is 1.26 bits per heavy atom. The summed E-state index contributed by atoms with van der Waals surface area (Å²) in [4.78, 5) is 0. The second-order valence-corrected chi connectivity index (χ2v) is 12.9. The molecule has 1 aromatic rings. The molecule has 0 radical (unpaired) electrons. The van der Waals surface area contributed by atoms with Gasteiger partial charge in [-0.3, -0.25) is 0 Å². The van der Waals surface area contributed by atoms with Crippen LogP contribution in [-0.4, -0.2) is 8.32 Å². The lowest BCUT2D eigenvalue weighted by Gasteiger charge is -2.36. The highest BCUT2D eigenvalue weighted by Crippen LogP contribution is 2.37. The first-order valence-electron chi connectivity index (χ1n) is 8.58. The normalized spacial score (nSPS) is 15.1. The minimum absolute atomic E-state index is 0.262. The van der Waals surface area contributed by atoms with Gasteiger partial charge in [-0.05, 0) is 63.9 Å². The minimum Gasteiger partial charge on any atom is -0.544 e. The summed E-state index contributed by atoms with van der Waals surface area (Å²) in [6.45, 7) is 17.8. The molecule has 0 aromatic heterocycles. The summed E-state index contributed by atoms with van der Waals surface area (Å²) in [5.74, 6) is 1.01. The number of benzene rings is 1. The van der Waals surface area contributed by atoms with Crippen LogP contribution < -0.4 is 4.43 Å². The first kappa shape index (κ1) is 19.8. The van der Waals surface area contributed by atoms with E-state index in [2.05, 4.69) is 91.1 Å². The summed E-state index contributed by atoms with van der Waals surface area (Å²) in [5, 5.41) is 0.262. The quantitative estimate of drug-likeness (QED) is 0.417. The zero-order valence-electron chi connectivity index (χ0n) is 16.3. The molecule has 0 saturated carbocycles. The molecular formula is C21H34OSi. The second-order valence-electron chi connectivity index (χ2n) is 8.18. The smallest absolute Gasteiger partial charge is 0.250 e. The van der Waals surface area contributed by atoms with E-state index >= 15 is 0 Å². The predicted octanol–water partition coefficient (Wildman–Crippen LogP) is 7.05. The van der Waals surface area contributed by atoms with Gasteiger partial charge in [0, 0.05) is 0 Å². The third kappa shape index (κ3) is 6.78. The molecule has 23 heavy (non-hydrogen) atoms. The monoisotopic (exact) mass is 330 g/mol. The van der Waals surface area contributed by atoms with Gasteiger partial charge in [-0.1, -0.05) is 61.8 Å². The molecule has 0 fully saturated rings. The maximum absolute atomic E-state index is 6.16. The van der Waals surface area contributed by atoms with Crippen molar-refractivity contribution in [2.45, 2.75) is 72.5 Å². The van der Waals surface area contributed by atoms with E-state index in [1.54, 1.807) is 0 Å². The maximum atomic E-state index is 6.16. The largest absolute Gasteiger partial charge is 0.544 e. The van der Waals surface area contributed by atoms with E-state index in [4.69, 9.17) is 4.43 Å². The van der Waals surface area contributed by atoms with Crippen LogP contribution in [0.5, 0.6) is 5.75 Å². The molecule has 1 aliphatic carbocycles. The number of hydrogen-bond donors (Lipinski definition) is 0. The van der Waals surface area contributed by atoms with Crippen molar-refractivity contribution in [1.29, 1.82) is 0 Å². The molecule has 2 heteroatoms. The Morgan fingerprint density at radius 3 is 1.61 bits per heavy atom. The highest BCUT2D eigenvalue weighted by Gasteiger charge is 2.38. The van der Waals surface area contributed by atoms with Crippen LogP contribution in [0.1, 0.15) is 53.0 Å². The van der Waals surface area contributed by atoms with Crippen molar-refractivity contribution in [3.05, 3.63) is 53.1 Å². The average molecular weight is 331 g/mol. The standard InChI is InChI=1S/C13H22OSi.C8H12/c1-11-7-9-12(10-8-11)14-15(5,6)13(2,3)4;1-7-3-5-8(2)6-4-7/h7-10H,1-6H3;3,6H,4-5H2,1-2H3. The lowest BCUT2D eigenvalue weighted by atomic mass is 10.0. The van der Waals surface area contributed by atoms with Crippen molar-refractivity contribution in [3.8, 4) is 5.75 Å². The zero-order valence-corrected chi connectivity index (χ0v) is 17.3. The molecule has 0 amide bonds. The van der Waals surface area contributed by atoms with Crippen molar-refractivity contribution in [2.75, 3.05) is 0 Å². The van der Waals surface area contributed by atoms with E-state index in [1.807, 2.05) is 0 Å². The Morgan fingerprint density at radius 1 is 0.826 bits per heavy atom. The van der Waals surface area contributed by atoms with Crippen molar-refractivity contribution >= 4 is 8.32 Å². The highest BCUT2D eigenvalue weighted by atomic mass is 28.4. The number of hydrogen-bond acceptors (Lipinski definition) is 1. The molecule has 2 rings (SSSR count). The van der Waals surface area contributed by atoms with Crippen LogP contribution in [0.3, 0.4) is 0 Å². The van der Waals surface area contributed by atoms with Gasteiger partial charge < -0.3 is 4.43 Å². The van der Waals surface area contributed by atoms with Crippen LogP contribution in [-0.2, 0) is 0 Å². The van der Waals surface area contributed by atoms with E-state index < -0.39 is 8.32 Å². The van der Waals surface area contributed by atoms with Crippen molar-refractivity contribution in [2.24, 2.45) is 0 Å². The lowest BCUT2D eigenvalue weighted by molar-refractivity contribution is 0.492. The van der Waals surface area contributed by atoms with Gasteiger partial charge in [0.05, 0.1) is 0 Å². The summed E-state index contributed by atoms with van der Waals surface area (Å²) in [6, 6.07) is 8.33. The molecule has 0 heterocycles. The summed E-state index contributed by atoms with van der Waals surface area (Å²) >= 11 is 0. The van der Waals surface area contributed by atoms with Crippen LogP contribution in [0.2, 0.25) is 18.1 Å². The van der Waals surface area contributed by atoms with Gasteiger partial charge in [0.1, 0.15) is 5.75 Å². The van der Waals surface area contributed by atoms with Gasteiger partial charge in [-0.15, -0.1) is 0 Å². The van der Waals surface area contributed by atoms with E-state index in [0.717, 1.165) is 5.75 Å². The molecule has 0 aliphatic heterocycles. The topological polar surface area (TPSA) is 9.23 Å². The van der Waals surface area contributed by atoms with Gasteiger partial charge in [0.25, 0.3) is 0 Å². The molecule has 1 nitrogen and oxygen atoms in total. The van der Waals surface area contributed by atoms with Crippen LogP contribution in [0.4, 0.5) is 0 Å². The fraction of sp³-hybridized carbons (Fsp3) is 0.524. The lowest BCUT2D eigenvalue weighted by Crippen LogP contribution is -2.43. The summed E-state index contributed by atoms with van der Waals surface area (Å²) < 4.78 is 6.16. The van der Waals surface area contributed by atoms with Crippen molar-refractivity contribution in [3.63, 3.8) is 0 Å². The van der Waals surface area contributed by atoms with E-state index in [9.17, 15) is 0 Å². The van der Waals surface area contributed by atoms with Gasteiger partial charge in [-0.25, -0.2) is 0 Å². The fourth-order valence-electron chi connectivity index (χ4n) is 1.89. The van der Waals surface area contributed by atoms with E-state index in [0.29, 0.717) is 0 Å². The van der Waals surface area contributed by atoms with Crippen LogP contribution in [0, 0.1) is 6.92 Å². The fourth-order valence-corrected chi connectivity index (χ4v) is 2.92. The Hall–Kier alpha value is -1.28. The Balaban J connectivity index is 0.000000277. The molecular weight excluding hydrogens is 296 g/mol. The number of allylic oxidation sites excluding steroid dienone is 4. The zero-order chi connectivity index (χ0) is 17.7. The third-order valence-electron chi connectivity index (χ3n) is 4.75. The van der Waals surface area contributed by atoms with Gasteiger partial charge in [0.2, 0.25) is 8.32 Å². The molecule has 0 spiro atoms. The molecule has 1 aliphatic rings. The predicted molar refractivity (Wildman–Crippen MR) is 106 cm³/mol. The van der Waals surface area contributed by atoms with Gasteiger partial charge in [-0.2, -0.15) is 0 Å². The second kappa shape index (κ2) is 8.01. The third-order valence-corrected chi connectivity index (χ3v) is 9.10. The maximum Gasteiger partial charge on any atom is 0.250 e. The number of rotatable bonds is 2. The minimum atomic E-state index is -1.66. The molecule has 0 saturated heterocycles. The van der Waals surface area contributed by atoms with Crippen LogP contribution in [0.25, 0.3) is 0 Å². The first-order valence-corrected chi connectivity index (χ1v) is 11.5. The van der Waals surface area contributed by atoms with E-state index in [1.165, 1.54) is 29.6 Å². The Labute approximate surface area is 144 Å². The van der Waals surface area contributed by atoms with Crippen molar-refractivity contribution in [1.82, 2.24) is 0 Å². The molecule has 0 atom stereocenters. The van der Waals surface area contributed by atoms with Gasteiger partial charge in [0.15, 0.2) is 0 Å². The SMILES string of the molecule is CC1=CCC(C)=CC1.Cc1ccc(O[Si](C)(C)C(C)(C)C)cc1. The number of aryl methyl sites for hydroxylation is 1. The first-order chi connectivity index (χ1) is 10.5. The summed E-state index contributed by atoms with van der Waals surface area (Å²) in [7, 11) is -1.66. The molecule has 0 N–H and O–H groups in total.